The Balaban J connectivity index is 2.43. The fourth-order valence-corrected chi connectivity index (χ4v) is 4.01. The molecule has 2 heterocycles. The van der Waals surface area contributed by atoms with E-state index in [4.69, 9.17) is 9.84 Å². The first-order chi connectivity index (χ1) is 9.23. The number of aromatic carboxylic acids is 1. The molecule has 2 N–H and O–H groups in total. The maximum Gasteiger partial charge on any atom is 0.340 e. The quantitative estimate of drug-likeness (QED) is 0.825. The minimum atomic E-state index is -3.95. The molecule has 2 rings (SSSR count). The highest BCUT2D eigenvalue weighted by molar-refractivity contribution is 7.89. The Labute approximate surface area is 116 Å². The van der Waals surface area contributed by atoms with Crippen molar-refractivity contribution in [2.45, 2.75) is 38.0 Å². The highest BCUT2D eigenvalue weighted by atomic mass is 32.2. The number of morpholine rings is 1. The number of nitrogens with one attached hydrogen (secondary N) is 1. The van der Waals surface area contributed by atoms with Crippen molar-refractivity contribution in [1.29, 1.82) is 0 Å². The van der Waals surface area contributed by atoms with Crippen LogP contribution in [0.5, 0.6) is 0 Å². The number of carboxylic acids is 1. The van der Waals surface area contributed by atoms with Crippen LogP contribution in [0.4, 0.5) is 0 Å². The summed E-state index contributed by atoms with van der Waals surface area (Å²) in [7, 11) is -3.95. The van der Waals surface area contributed by atoms with E-state index in [1.165, 1.54) is 11.2 Å². The lowest BCUT2D eigenvalue weighted by Gasteiger charge is -2.33. The van der Waals surface area contributed by atoms with Crippen LogP contribution in [0.1, 0.15) is 29.9 Å². The third-order valence-corrected chi connectivity index (χ3v) is 4.86. The van der Waals surface area contributed by atoms with E-state index < -0.39 is 21.0 Å². The second-order valence-corrected chi connectivity index (χ2v) is 6.77. The molecule has 2 atom stereocenters. The molecule has 8 nitrogen and oxygen atoms in total. The number of hydrogen-bond donors (Lipinski definition) is 2. The maximum absolute atomic E-state index is 12.5. The van der Waals surface area contributed by atoms with Gasteiger partial charge in [0.15, 0.2) is 0 Å². The van der Waals surface area contributed by atoms with Crippen LogP contribution in [0.25, 0.3) is 0 Å². The minimum Gasteiger partial charge on any atom is -0.478 e. The molecular formula is C11H17N3O5S. The SMILES string of the molecule is Cc1[nH]nc(S(=O)(=O)N2C[C@@H](C)O[C@@H](C)C2)c1C(=O)O. The van der Waals surface area contributed by atoms with Crippen molar-refractivity contribution in [2.24, 2.45) is 0 Å². The third kappa shape index (κ3) is 2.56. The average molecular weight is 303 g/mol. The molecule has 0 radical (unpaired) electrons. The Bertz CT molecular complexity index is 614. The van der Waals surface area contributed by atoms with Crippen LogP contribution in [0, 0.1) is 6.92 Å². The summed E-state index contributed by atoms with van der Waals surface area (Å²) in [6.07, 6.45) is -0.497. The summed E-state index contributed by atoms with van der Waals surface area (Å²) in [5.41, 5.74) is -0.0952. The van der Waals surface area contributed by atoms with Crippen molar-refractivity contribution >= 4 is 16.0 Å². The molecule has 0 saturated carbocycles. The average Bonchev–Trinajstić information content (AvgIpc) is 2.70. The maximum atomic E-state index is 12.5. The largest absolute Gasteiger partial charge is 0.478 e. The summed E-state index contributed by atoms with van der Waals surface area (Å²) in [5.74, 6) is -1.32. The van der Waals surface area contributed by atoms with Gasteiger partial charge in [0.05, 0.1) is 12.2 Å². The molecule has 1 saturated heterocycles. The van der Waals surface area contributed by atoms with Gasteiger partial charge in [-0.15, -0.1) is 0 Å². The number of carbonyl (C=O) groups is 1. The number of sulfonamides is 1. The summed E-state index contributed by atoms with van der Waals surface area (Å²) in [6, 6.07) is 0. The molecule has 1 fully saturated rings. The molecule has 0 aliphatic carbocycles. The van der Waals surface area contributed by atoms with Crippen molar-refractivity contribution in [3.05, 3.63) is 11.3 Å². The fourth-order valence-electron chi connectivity index (χ4n) is 2.29. The first-order valence-electron chi connectivity index (χ1n) is 6.17. The van der Waals surface area contributed by atoms with E-state index in [-0.39, 0.29) is 36.6 Å². The van der Waals surface area contributed by atoms with Crippen LogP contribution >= 0.6 is 0 Å². The Hall–Kier alpha value is -1.45. The van der Waals surface area contributed by atoms with Gasteiger partial charge < -0.3 is 9.84 Å². The molecule has 0 aromatic carbocycles. The predicted octanol–water partition coefficient (Wildman–Crippen LogP) is 0.214. The molecule has 1 aliphatic rings. The number of nitrogens with zero attached hydrogens (tertiary/aromatic N) is 2. The highest BCUT2D eigenvalue weighted by Gasteiger charge is 2.37. The monoisotopic (exact) mass is 303 g/mol. The lowest BCUT2D eigenvalue weighted by molar-refractivity contribution is -0.0441. The van der Waals surface area contributed by atoms with Gasteiger partial charge >= 0.3 is 5.97 Å². The Morgan fingerprint density at radius 1 is 1.40 bits per heavy atom. The number of aryl methyl sites for hydroxylation is 1. The summed E-state index contributed by atoms with van der Waals surface area (Å²) in [6.45, 7) is 5.37. The molecule has 0 unspecified atom stereocenters. The van der Waals surface area contributed by atoms with Crippen LogP contribution in [-0.4, -0.2) is 59.3 Å². The van der Waals surface area contributed by atoms with E-state index >= 15 is 0 Å². The topological polar surface area (TPSA) is 113 Å². The highest BCUT2D eigenvalue weighted by Crippen LogP contribution is 2.23. The van der Waals surface area contributed by atoms with Gasteiger partial charge in [-0.1, -0.05) is 0 Å². The van der Waals surface area contributed by atoms with Crippen LogP contribution in [-0.2, 0) is 14.8 Å². The number of aromatic amines is 1. The smallest absolute Gasteiger partial charge is 0.340 e. The molecule has 20 heavy (non-hydrogen) atoms. The van der Waals surface area contributed by atoms with Crippen LogP contribution < -0.4 is 0 Å². The fraction of sp³-hybridized carbons (Fsp3) is 0.636. The molecule has 1 aromatic rings. The number of carboxylic acid groups (broad SMARTS) is 1. The zero-order chi connectivity index (χ0) is 15.1. The number of ether oxygens (including phenoxy) is 1. The molecule has 0 spiro atoms. The summed E-state index contributed by atoms with van der Waals surface area (Å²) < 4.78 is 31.8. The van der Waals surface area contributed by atoms with Gasteiger partial charge in [-0.05, 0) is 20.8 Å². The summed E-state index contributed by atoms with van der Waals surface area (Å²) >= 11 is 0. The van der Waals surface area contributed by atoms with Crippen LogP contribution in [0.3, 0.4) is 0 Å². The van der Waals surface area contributed by atoms with Crippen molar-refractivity contribution in [2.75, 3.05) is 13.1 Å². The van der Waals surface area contributed by atoms with Gasteiger partial charge in [0, 0.05) is 18.8 Å². The Morgan fingerprint density at radius 3 is 2.45 bits per heavy atom. The van der Waals surface area contributed by atoms with E-state index in [0.29, 0.717) is 0 Å². The zero-order valence-corrected chi connectivity index (χ0v) is 12.3. The van der Waals surface area contributed by atoms with Gasteiger partial charge in [-0.2, -0.15) is 9.40 Å². The van der Waals surface area contributed by atoms with Crippen molar-refractivity contribution < 1.29 is 23.1 Å². The molecule has 0 bridgehead atoms. The molecular weight excluding hydrogens is 286 g/mol. The van der Waals surface area contributed by atoms with Gasteiger partial charge in [-0.25, -0.2) is 13.2 Å². The second-order valence-electron chi connectivity index (χ2n) is 4.91. The molecule has 112 valence electrons. The second kappa shape index (κ2) is 5.15. The summed E-state index contributed by atoms with van der Waals surface area (Å²) in [5, 5.41) is 14.8. The number of H-pyrrole nitrogens is 1. The van der Waals surface area contributed by atoms with Gasteiger partial charge in [0.1, 0.15) is 5.56 Å². The zero-order valence-electron chi connectivity index (χ0n) is 11.5. The predicted molar refractivity (Wildman–Crippen MR) is 69.1 cm³/mol. The van der Waals surface area contributed by atoms with Gasteiger partial charge in [0.2, 0.25) is 5.03 Å². The third-order valence-electron chi connectivity index (χ3n) is 3.10. The van der Waals surface area contributed by atoms with Crippen LogP contribution in [0.2, 0.25) is 0 Å². The van der Waals surface area contributed by atoms with Crippen molar-refractivity contribution in [1.82, 2.24) is 14.5 Å². The van der Waals surface area contributed by atoms with E-state index in [1.54, 1.807) is 13.8 Å². The Kier molecular flexibility index (Phi) is 3.85. The van der Waals surface area contributed by atoms with Gasteiger partial charge in [0.25, 0.3) is 10.0 Å². The lowest BCUT2D eigenvalue weighted by atomic mass is 10.3. The standard InChI is InChI=1S/C11H17N3O5S/c1-6-4-14(5-7(2)19-6)20(17,18)10-9(11(15)16)8(3)12-13-10/h6-7H,4-5H2,1-3H3,(H,12,13)(H,15,16)/t6-,7+. The number of hydrogen-bond acceptors (Lipinski definition) is 5. The normalized spacial score (nSPS) is 24.8. The molecule has 0 amide bonds. The minimum absolute atomic E-state index is 0.178. The first-order valence-corrected chi connectivity index (χ1v) is 7.61. The van der Waals surface area contributed by atoms with Gasteiger partial charge in [-0.3, -0.25) is 5.10 Å². The number of rotatable bonds is 3. The molecule has 9 heteroatoms. The summed E-state index contributed by atoms with van der Waals surface area (Å²) in [4.78, 5) is 11.2. The van der Waals surface area contributed by atoms with Crippen LogP contribution in [0.15, 0.2) is 5.03 Å². The van der Waals surface area contributed by atoms with E-state index in [9.17, 15) is 13.2 Å². The lowest BCUT2D eigenvalue weighted by Crippen LogP contribution is -2.48. The molecule has 1 aliphatic heterocycles. The van der Waals surface area contributed by atoms with Crippen molar-refractivity contribution in [3.8, 4) is 0 Å². The van der Waals surface area contributed by atoms with Crippen molar-refractivity contribution in [3.63, 3.8) is 0 Å². The van der Waals surface area contributed by atoms with E-state index in [2.05, 4.69) is 10.2 Å². The molecule has 1 aromatic heterocycles. The van der Waals surface area contributed by atoms with E-state index in [1.807, 2.05) is 0 Å². The first kappa shape index (κ1) is 14.9. The Morgan fingerprint density at radius 2 is 1.95 bits per heavy atom. The van der Waals surface area contributed by atoms with E-state index in [0.717, 1.165) is 0 Å². The number of aromatic nitrogens is 2.